The number of amides is 1. The van der Waals surface area contributed by atoms with Gasteiger partial charge in [-0.1, -0.05) is 0 Å². The molecule has 0 spiro atoms. The fourth-order valence-corrected chi connectivity index (χ4v) is 2.79. The zero-order chi connectivity index (χ0) is 12.6. The summed E-state index contributed by atoms with van der Waals surface area (Å²) < 4.78 is 0. The lowest BCUT2D eigenvalue weighted by atomic mass is 10.2. The van der Waals surface area contributed by atoms with Crippen molar-refractivity contribution in [1.29, 1.82) is 0 Å². The summed E-state index contributed by atoms with van der Waals surface area (Å²) in [6, 6.07) is 2.06. The smallest absolute Gasteiger partial charge is 0.307 e. The topological polar surface area (TPSA) is 66.4 Å². The van der Waals surface area contributed by atoms with Gasteiger partial charge in [0, 0.05) is 9.75 Å². The molecule has 1 aromatic heterocycles. The highest BCUT2D eigenvalue weighted by Crippen LogP contribution is 2.38. The number of hydrogen-bond acceptors (Lipinski definition) is 3. The number of carbonyl (C=O) groups is 2. The molecule has 92 valence electrons. The summed E-state index contributed by atoms with van der Waals surface area (Å²) in [7, 11) is 0. The van der Waals surface area contributed by atoms with Gasteiger partial charge in [0.2, 0.25) is 5.91 Å². The van der Waals surface area contributed by atoms with Gasteiger partial charge in [-0.15, -0.1) is 11.3 Å². The van der Waals surface area contributed by atoms with E-state index in [-0.39, 0.29) is 11.8 Å². The maximum atomic E-state index is 11.6. The highest BCUT2D eigenvalue weighted by atomic mass is 32.1. The molecule has 2 atom stereocenters. The monoisotopic (exact) mass is 253 g/mol. The molecule has 0 unspecified atom stereocenters. The number of thiophene rings is 1. The van der Waals surface area contributed by atoms with E-state index >= 15 is 0 Å². The highest BCUT2D eigenvalue weighted by Gasteiger charge is 2.48. The molecular formula is C12H15NO3S. The van der Waals surface area contributed by atoms with Crippen LogP contribution in [0.3, 0.4) is 0 Å². The summed E-state index contributed by atoms with van der Waals surface area (Å²) in [6.07, 6.45) is 0.476. The van der Waals surface area contributed by atoms with Crippen molar-refractivity contribution in [3.8, 4) is 0 Å². The molecule has 5 heteroatoms. The average molecular weight is 253 g/mol. The molecule has 1 saturated carbocycles. The van der Waals surface area contributed by atoms with Crippen molar-refractivity contribution >= 4 is 23.2 Å². The van der Waals surface area contributed by atoms with Crippen molar-refractivity contribution < 1.29 is 14.7 Å². The normalized spacial score (nSPS) is 22.2. The molecule has 0 radical (unpaired) electrons. The fraction of sp³-hybridized carbons (Fsp3) is 0.500. The first-order chi connectivity index (χ1) is 7.99. The number of carboxylic acids is 1. The van der Waals surface area contributed by atoms with Crippen molar-refractivity contribution in [2.75, 3.05) is 0 Å². The van der Waals surface area contributed by atoms with Gasteiger partial charge in [0.05, 0.1) is 18.4 Å². The number of rotatable bonds is 4. The van der Waals surface area contributed by atoms with Crippen LogP contribution in [0.5, 0.6) is 0 Å². The molecule has 0 aromatic carbocycles. The van der Waals surface area contributed by atoms with Crippen LogP contribution in [0, 0.1) is 25.7 Å². The van der Waals surface area contributed by atoms with Crippen molar-refractivity contribution in [3.63, 3.8) is 0 Å². The summed E-state index contributed by atoms with van der Waals surface area (Å²) in [5.74, 6) is -1.80. The van der Waals surface area contributed by atoms with Crippen LogP contribution in [0.25, 0.3) is 0 Å². The van der Waals surface area contributed by atoms with E-state index in [1.807, 2.05) is 13.8 Å². The van der Waals surface area contributed by atoms with E-state index < -0.39 is 11.9 Å². The Morgan fingerprint density at radius 3 is 2.65 bits per heavy atom. The van der Waals surface area contributed by atoms with E-state index in [1.54, 1.807) is 11.3 Å². The third-order valence-electron chi connectivity index (χ3n) is 3.10. The van der Waals surface area contributed by atoms with Gasteiger partial charge in [0.25, 0.3) is 0 Å². The summed E-state index contributed by atoms with van der Waals surface area (Å²) >= 11 is 1.66. The Bertz CT molecular complexity index is 447. The molecule has 4 nitrogen and oxygen atoms in total. The molecule has 1 aromatic rings. The van der Waals surface area contributed by atoms with Crippen molar-refractivity contribution in [2.24, 2.45) is 11.8 Å². The lowest BCUT2D eigenvalue weighted by molar-refractivity contribution is -0.140. The third-order valence-corrected chi connectivity index (χ3v) is 4.25. The Balaban J connectivity index is 1.83. The molecule has 1 aliphatic carbocycles. The molecular weight excluding hydrogens is 238 g/mol. The maximum absolute atomic E-state index is 11.6. The Hall–Kier alpha value is -1.36. The van der Waals surface area contributed by atoms with Gasteiger partial charge in [-0.2, -0.15) is 0 Å². The minimum Gasteiger partial charge on any atom is -0.481 e. The van der Waals surface area contributed by atoms with E-state index in [0.29, 0.717) is 13.0 Å². The lowest BCUT2D eigenvalue weighted by Gasteiger charge is -2.01. The van der Waals surface area contributed by atoms with E-state index in [0.717, 1.165) is 4.88 Å². The van der Waals surface area contributed by atoms with E-state index in [1.165, 1.54) is 10.4 Å². The zero-order valence-electron chi connectivity index (χ0n) is 9.82. The molecule has 17 heavy (non-hydrogen) atoms. The van der Waals surface area contributed by atoms with Gasteiger partial charge in [0.1, 0.15) is 0 Å². The second-order valence-electron chi connectivity index (χ2n) is 4.46. The van der Waals surface area contributed by atoms with Crippen LogP contribution in [-0.2, 0) is 16.1 Å². The first-order valence-corrected chi connectivity index (χ1v) is 6.37. The first kappa shape index (κ1) is 12.1. The Morgan fingerprint density at radius 2 is 2.18 bits per heavy atom. The van der Waals surface area contributed by atoms with Gasteiger partial charge >= 0.3 is 5.97 Å². The number of carbonyl (C=O) groups excluding carboxylic acids is 1. The number of hydrogen-bond donors (Lipinski definition) is 2. The number of aryl methyl sites for hydroxylation is 2. The second kappa shape index (κ2) is 4.49. The van der Waals surface area contributed by atoms with Crippen LogP contribution in [0.1, 0.15) is 21.7 Å². The van der Waals surface area contributed by atoms with Crippen molar-refractivity contribution in [1.82, 2.24) is 5.32 Å². The van der Waals surface area contributed by atoms with E-state index in [2.05, 4.69) is 11.4 Å². The van der Waals surface area contributed by atoms with Gasteiger partial charge < -0.3 is 10.4 Å². The maximum Gasteiger partial charge on any atom is 0.307 e. The van der Waals surface area contributed by atoms with Gasteiger partial charge in [0.15, 0.2) is 0 Å². The Kier molecular flexibility index (Phi) is 3.19. The van der Waals surface area contributed by atoms with Crippen LogP contribution in [0.2, 0.25) is 0 Å². The lowest BCUT2D eigenvalue weighted by Crippen LogP contribution is -2.25. The zero-order valence-corrected chi connectivity index (χ0v) is 10.6. The van der Waals surface area contributed by atoms with Crippen molar-refractivity contribution in [2.45, 2.75) is 26.8 Å². The van der Waals surface area contributed by atoms with Crippen LogP contribution in [0.15, 0.2) is 6.07 Å². The summed E-state index contributed by atoms with van der Waals surface area (Å²) in [5, 5.41) is 11.5. The highest BCUT2D eigenvalue weighted by molar-refractivity contribution is 7.12. The Labute approximate surface area is 104 Å². The number of nitrogens with one attached hydrogen (secondary N) is 1. The predicted octanol–water partition coefficient (Wildman–Crippen LogP) is 1.70. The fourth-order valence-electron chi connectivity index (χ4n) is 1.80. The quantitative estimate of drug-likeness (QED) is 0.858. The van der Waals surface area contributed by atoms with Gasteiger partial charge in [-0.05, 0) is 31.9 Å². The molecule has 1 heterocycles. The van der Waals surface area contributed by atoms with E-state index in [4.69, 9.17) is 5.11 Å². The van der Waals surface area contributed by atoms with Crippen molar-refractivity contribution in [3.05, 3.63) is 21.4 Å². The summed E-state index contributed by atoms with van der Waals surface area (Å²) in [6.45, 7) is 4.59. The van der Waals surface area contributed by atoms with Crippen LogP contribution >= 0.6 is 11.3 Å². The molecule has 2 N–H and O–H groups in total. The Morgan fingerprint density at radius 1 is 1.47 bits per heavy atom. The largest absolute Gasteiger partial charge is 0.481 e. The SMILES string of the molecule is Cc1cc(CNC(=O)[C@@H]2C[C@@H]2C(=O)O)sc1C. The van der Waals surface area contributed by atoms with Gasteiger partial charge in [-0.3, -0.25) is 9.59 Å². The molecule has 0 saturated heterocycles. The van der Waals surface area contributed by atoms with E-state index in [9.17, 15) is 9.59 Å². The van der Waals surface area contributed by atoms with Crippen LogP contribution in [-0.4, -0.2) is 17.0 Å². The minimum absolute atomic E-state index is 0.138. The molecule has 1 fully saturated rings. The number of aliphatic carboxylic acids is 1. The number of carboxylic acid groups (broad SMARTS) is 1. The van der Waals surface area contributed by atoms with Gasteiger partial charge in [-0.25, -0.2) is 0 Å². The molecule has 1 aliphatic rings. The molecule has 0 aliphatic heterocycles. The molecule has 1 amide bonds. The third kappa shape index (κ3) is 2.66. The van der Waals surface area contributed by atoms with Crippen LogP contribution < -0.4 is 5.32 Å². The average Bonchev–Trinajstić information content (AvgIpc) is 2.99. The van der Waals surface area contributed by atoms with Crippen LogP contribution in [0.4, 0.5) is 0 Å². The standard InChI is InChI=1S/C12H15NO3S/c1-6-3-8(17-7(6)2)5-13-11(14)9-4-10(9)12(15)16/h3,9-10H,4-5H2,1-2H3,(H,13,14)(H,15,16)/t9-,10+/m1/s1. The molecule has 2 rings (SSSR count). The summed E-state index contributed by atoms with van der Waals surface area (Å²) in [5.41, 5.74) is 1.23. The summed E-state index contributed by atoms with van der Waals surface area (Å²) in [4.78, 5) is 24.6. The second-order valence-corrected chi connectivity index (χ2v) is 5.80. The first-order valence-electron chi connectivity index (χ1n) is 5.55. The predicted molar refractivity (Wildman–Crippen MR) is 64.9 cm³/mol. The molecule has 0 bridgehead atoms. The minimum atomic E-state index is -0.868.